The van der Waals surface area contributed by atoms with Gasteiger partial charge in [0.2, 0.25) is 0 Å². The first-order valence-electron chi connectivity index (χ1n) is 7.75. The van der Waals surface area contributed by atoms with Gasteiger partial charge in [-0.15, -0.1) is 0 Å². The molecule has 0 aliphatic carbocycles. The summed E-state index contributed by atoms with van der Waals surface area (Å²) in [4.78, 5) is 6.94. The summed E-state index contributed by atoms with van der Waals surface area (Å²) in [5.74, 6) is 1.14. The molecule has 0 fully saturated rings. The second-order valence-electron chi connectivity index (χ2n) is 5.94. The molecule has 0 saturated carbocycles. The van der Waals surface area contributed by atoms with E-state index in [-0.39, 0.29) is 12.1 Å². The summed E-state index contributed by atoms with van der Waals surface area (Å²) >= 11 is 0. The van der Waals surface area contributed by atoms with Crippen molar-refractivity contribution in [1.82, 2.24) is 14.5 Å². The fourth-order valence-electron chi connectivity index (χ4n) is 3.24. The molecule has 0 bridgehead atoms. The average Bonchev–Trinajstić information content (AvgIpc) is 2.95. The molecule has 1 aliphatic rings. The van der Waals surface area contributed by atoms with Crippen LogP contribution >= 0.6 is 0 Å². The Morgan fingerprint density at radius 3 is 2.95 bits per heavy atom. The molecule has 21 heavy (non-hydrogen) atoms. The smallest absolute Gasteiger partial charge is 0.122 e. The normalized spacial score (nSPS) is 18.2. The Bertz CT molecular complexity index is 604. The highest BCUT2D eigenvalue weighted by atomic mass is 15.3. The van der Waals surface area contributed by atoms with Crippen molar-refractivity contribution in [3.05, 3.63) is 53.6 Å². The molecule has 0 amide bonds. The minimum absolute atomic E-state index is 0.147. The molecule has 0 radical (unpaired) electrons. The standard InChI is InChI=1S/C17H24N4/c1-3-15(18)17(14-6-4-5-13(2)11-14)21-10-9-20-8-7-19-16(20)12-21/h4-8,11,15,17H,3,9-10,12,18H2,1-2H3. The van der Waals surface area contributed by atoms with Gasteiger partial charge in [0, 0.05) is 31.5 Å². The molecular weight excluding hydrogens is 260 g/mol. The summed E-state index contributed by atoms with van der Waals surface area (Å²) in [6, 6.07) is 9.15. The number of benzene rings is 1. The predicted molar refractivity (Wildman–Crippen MR) is 84.8 cm³/mol. The second kappa shape index (κ2) is 6.00. The summed E-state index contributed by atoms with van der Waals surface area (Å²) in [6.07, 6.45) is 4.93. The van der Waals surface area contributed by atoms with E-state index in [1.807, 2.05) is 6.20 Å². The van der Waals surface area contributed by atoms with E-state index in [1.165, 1.54) is 11.1 Å². The van der Waals surface area contributed by atoms with Gasteiger partial charge in [0.05, 0.1) is 12.6 Å². The monoisotopic (exact) mass is 284 g/mol. The van der Waals surface area contributed by atoms with Crippen LogP contribution in [0.2, 0.25) is 0 Å². The number of nitrogens with zero attached hydrogens (tertiary/aromatic N) is 3. The second-order valence-corrected chi connectivity index (χ2v) is 5.94. The van der Waals surface area contributed by atoms with E-state index in [1.54, 1.807) is 0 Å². The molecular formula is C17H24N4. The Morgan fingerprint density at radius 2 is 2.19 bits per heavy atom. The van der Waals surface area contributed by atoms with Crippen molar-refractivity contribution < 1.29 is 0 Å². The number of hydrogen-bond acceptors (Lipinski definition) is 3. The summed E-state index contributed by atoms with van der Waals surface area (Å²) < 4.78 is 2.24. The lowest BCUT2D eigenvalue weighted by Gasteiger charge is -2.38. The maximum Gasteiger partial charge on any atom is 0.122 e. The van der Waals surface area contributed by atoms with Crippen LogP contribution in [0.15, 0.2) is 36.7 Å². The molecule has 1 aromatic heterocycles. The molecule has 4 nitrogen and oxygen atoms in total. The number of nitrogens with two attached hydrogens (primary N) is 1. The van der Waals surface area contributed by atoms with Crippen molar-refractivity contribution in [2.75, 3.05) is 6.54 Å². The fourth-order valence-corrected chi connectivity index (χ4v) is 3.24. The summed E-state index contributed by atoms with van der Waals surface area (Å²) in [7, 11) is 0. The molecule has 1 aliphatic heterocycles. The van der Waals surface area contributed by atoms with E-state index in [0.717, 1.165) is 31.9 Å². The number of imidazole rings is 1. The SMILES string of the molecule is CCC(N)C(c1cccc(C)c1)N1CCn2ccnc2C1. The molecule has 4 heteroatoms. The van der Waals surface area contributed by atoms with Crippen LogP contribution in [0.3, 0.4) is 0 Å². The Labute approximate surface area is 126 Å². The van der Waals surface area contributed by atoms with Gasteiger partial charge in [0.25, 0.3) is 0 Å². The Hall–Kier alpha value is -1.65. The van der Waals surface area contributed by atoms with Crippen LogP contribution in [0.25, 0.3) is 0 Å². The van der Waals surface area contributed by atoms with Crippen molar-refractivity contribution in [1.29, 1.82) is 0 Å². The van der Waals surface area contributed by atoms with Gasteiger partial charge in [-0.25, -0.2) is 4.98 Å². The van der Waals surface area contributed by atoms with Gasteiger partial charge < -0.3 is 10.3 Å². The number of aryl methyl sites for hydroxylation is 1. The van der Waals surface area contributed by atoms with Crippen molar-refractivity contribution in [2.24, 2.45) is 5.73 Å². The zero-order valence-corrected chi connectivity index (χ0v) is 12.9. The highest BCUT2D eigenvalue weighted by Crippen LogP contribution is 2.29. The van der Waals surface area contributed by atoms with Gasteiger partial charge in [0.15, 0.2) is 0 Å². The van der Waals surface area contributed by atoms with Crippen molar-refractivity contribution in [3.8, 4) is 0 Å². The summed E-state index contributed by atoms with van der Waals surface area (Å²) in [6.45, 7) is 7.20. The largest absolute Gasteiger partial charge is 0.333 e. The van der Waals surface area contributed by atoms with E-state index in [0.29, 0.717) is 0 Å². The Balaban J connectivity index is 1.90. The fraction of sp³-hybridized carbons (Fsp3) is 0.471. The molecule has 0 spiro atoms. The molecule has 1 aromatic carbocycles. The maximum absolute atomic E-state index is 6.46. The Kier molecular flexibility index (Phi) is 4.08. The van der Waals surface area contributed by atoms with Crippen LogP contribution in [0.1, 0.15) is 36.3 Å². The zero-order chi connectivity index (χ0) is 14.8. The van der Waals surface area contributed by atoms with Gasteiger partial charge in [-0.2, -0.15) is 0 Å². The van der Waals surface area contributed by atoms with E-state index >= 15 is 0 Å². The summed E-state index contributed by atoms with van der Waals surface area (Å²) in [5.41, 5.74) is 9.07. The van der Waals surface area contributed by atoms with E-state index in [4.69, 9.17) is 5.73 Å². The minimum Gasteiger partial charge on any atom is -0.333 e. The number of fused-ring (bicyclic) bond motifs is 1. The quantitative estimate of drug-likeness (QED) is 0.938. The molecule has 2 unspecified atom stereocenters. The third-order valence-corrected chi connectivity index (χ3v) is 4.43. The van der Waals surface area contributed by atoms with Gasteiger partial charge in [-0.1, -0.05) is 36.8 Å². The summed E-state index contributed by atoms with van der Waals surface area (Å²) in [5, 5.41) is 0. The third-order valence-electron chi connectivity index (χ3n) is 4.43. The van der Waals surface area contributed by atoms with Crippen LogP contribution < -0.4 is 5.73 Å². The first kappa shape index (κ1) is 14.3. The van der Waals surface area contributed by atoms with E-state index in [2.05, 4.69) is 58.8 Å². The van der Waals surface area contributed by atoms with Crippen LogP contribution in [-0.4, -0.2) is 27.0 Å². The van der Waals surface area contributed by atoms with Crippen molar-refractivity contribution in [2.45, 2.75) is 45.4 Å². The lowest BCUT2D eigenvalue weighted by atomic mass is 9.94. The number of hydrogen-bond donors (Lipinski definition) is 1. The highest BCUT2D eigenvalue weighted by Gasteiger charge is 2.29. The maximum atomic E-state index is 6.46. The molecule has 2 atom stereocenters. The molecule has 2 heterocycles. The molecule has 2 N–H and O–H groups in total. The van der Waals surface area contributed by atoms with Gasteiger partial charge in [-0.3, -0.25) is 4.90 Å². The van der Waals surface area contributed by atoms with Crippen LogP contribution in [0.5, 0.6) is 0 Å². The minimum atomic E-state index is 0.147. The van der Waals surface area contributed by atoms with Crippen molar-refractivity contribution >= 4 is 0 Å². The van der Waals surface area contributed by atoms with Crippen LogP contribution in [0.4, 0.5) is 0 Å². The first-order chi connectivity index (χ1) is 10.2. The lowest BCUT2D eigenvalue weighted by Crippen LogP contribution is -2.44. The van der Waals surface area contributed by atoms with Gasteiger partial charge in [-0.05, 0) is 18.9 Å². The lowest BCUT2D eigenvalue weighted by molar-refractivity contribution is 0.130. The average molecular weight is 284 g/mol. The van der Waals surface area contributed by atoms with Crippen LogP contribution in [0, 0.1) is 6.92 Å². The molecule has 112 valence electrons. The first-order valence-corrected chi connectivity index (χ1v) is 7.75. The number of aromatic nitrogens is 2. The molecule has 0 saturated heterocycles. The van der Waals surface area contributed by atoms with Crippen LogP contribution in [-0.2, 0) is 13.1 Å². The number of rotatable bonds is 4. The molecule has 3 rings (SSSR count). The predicted octanol–water partition coefficient (Wildman–Crippen LogP) is 2.49. The van der Waals surface area contributed by atoms with E-state index in [9.17, 15) is 0 Å². The Morgan fingerprint density at radius 1 is 1.33 bits per heavy atom. The van der Waals surface area contributed by atoms with Crippen molar-refractivity contribution in [3.63, 3.8) is 0 Å². The van der Waals surface area contributed by atoms with E-state index < -0.39 is 0 Å². The topological polar surface area (TPSA) is 47.1 Å². The zero-order valence-electron chi connectivity index (χ0n) is 12.9. The highest BCUT2D eigenvalue weighted by molar-refractivity contribution is 5.26. The van der Waals surface area contributed by atoms with Gasteiger partial charge >= 0.3 is 0 Å². The van der Waals surface area contributed by atoms with Gasteiger partial charge in [0.1, 0.15) is 5.82 Å². The third kappa shape index (κ3) is 2.87. The molecule has 2 aromatic rings.